The molecule has 1 saturated carbocycles. The Hall–Kier alpha value is -1.56. The van der Waals surface area contributed by atoms with Crippen molar-refractivity contribution >= 4 is 15.8 Å². The molecule has 1 aliphatic heterocycles. The number of rotatable bonds is 5. The molecule has 3 rings (SSSR count). The van der Waals surface area contributed by atoms with Crippen LogP contribution < -0.4 is 10.6 Å². The summed E-state index contributed by atoms with van der Waals surface area (Å²) in [6.45, 7) is 5.27. The van der Waals surface area contributed by atoms with E-state index in [0.29, 0.717) is 18.3 Å². The average molecular weight is 392 g/mol. The number of benzene rings is 1. The highest BCUT2D eigenvalue weighted by Gasteiger charge is 2.36. The van der Waals surface area contributed by atoms with Crippen molar-refractivity contribution in [1.82, 2.24) is 10.6 Å². The molecule has 1 aromatic rings. The fourth-order valence-corrected chi connectivity index (χ4v) is 6.06. The van der Waals surface area contributed by atoms with E-state index in [1.165, 1.54) is 36.8 Å². The fraction of sp³-hybridized carbons (Fsp3) is 0.667. The molecule has 1 aliphatic carbocycles. The van der Waals surface area contributed by atoms with Gasteiger partial charge < -0.3 is 10.6 Å². The third-order valence-electron chi connectivity index (χ3n) is 6.14. The van der Waals surface area contributed by atoms with E-state index < -0.39 is 9.84 Å². The molecular weight excluding hydrogens is 358 g/mol. The van der Waals surface area contributed by atoms with Crippen molar-refractivity contribution in [2.45, 2.75) is 63.3 Å². The van der Waals surface area contributed by atoms with Gasteiger partial charge in [0.25, 0.3) is 0 Å². The number of nitrogens with zero attached hydrogens (tertiary/aromatic N) is 1. The lowest BCUT2D eigenvalue weighted by Crippen LogP contribution is -2.48. The van der Waals surface area contributed by atoms with E-state index in [1.54, 1.807) is 7.05 Å². The summed E-state index contributed by atoms with van der Waals surface area (Å²) in [6, 6.07) is 9.07. The third-order valence-corrected chi connectivity index (χ3v) is 7.91. The van der Waals surface area contributed by atoms with Gasteiger partial charge in [0, 0.05) is 25.0 Å². The first-order valence-corrected chi connectivity index (χ1v) is 11.9. The van der Waals surface area contributed by atoms with Crippen molar-refractivity contribution in [3.8, 4) is 0 Å². The Morgan fingerprint density at radius 2 is 1.89 bits per heavy atom. The van der Waals surface area contributed by atoms with Gasteiger partial charge in [-0.2, -0.15) is 0 Å². The summed E-state index contributed by atoms with van der Waals surface area (Å²) >= 11 is 0. The zero-order chi connectivity index (χ0) is 19.5. The largest absolute Gasteiger partial charge is 0.356 e. The van der Waals surface area contributed by atoms with Crippen LogP contribution in [0.2, 0.25) is 0 Å². The molecule has 0 aromatic heterocycles. The van der Waals surface area contributed by atoms with Gasteiger partial charge in [-0.05, 0) is 36.3 Å². The maximum absolute atomic E-state index is 11.7. The number of nitrogens with one attached hydrogen (secondary N) is 2. The summed E-state index contributed by atoms with van der Waals surface area (Å²) in [4.78, 5) is 4.32. The van der Waals surface area contributed by atoms with Crippen LogP contribution in [-0.2, 0) is 15.3 Å². The van der Waals surface area contributed by atoms with Crippen molar-refractivity contribution in [1.29, 1.82) is 0 Å². The Bertz CT molecular complexity index is 763. The van der Waals surface area contributed by atoms with Crippen LogP contribution in [0.1, 0.15) is 63.0 Å². The first kappa shape index (κ1) is 20.2. The van der Waals surface area contributed by atoms with Crippen LogP contribution in [0.25, 0.3) is 0 Å². The van der Waals surface area contributed by atoms with E-state index in [0.717, 1.165) is 6.54 Å². The van der Waals surface area contributed by atoms with Crippen molar-refractivity contribution in [3.05, 3.63) is 35.4 Å². The summed E-state index contributed by atoms with van der Waals surface area (Å²) < 4.78 is 23.4. The van der Waals surface area contributed by atoms with Crippen LogP contribution in [0, 0.1) is 0 Å². The predicted molar refractivity (Wildman–Crippen MR) is 112 cm³/mol. The minimum absolute atomic E-state index is 0.0361. The lowest BCUT2D eigenvalue weighted by molar-refractivity contribution is 0.430. The van der Waals surface area contributed by atoms with Gasteiger partial charge in [-0.15, -0.1) is 0 Å². The lowest BCUT2D eigenvalue weighted by atomic mass is 9.78. The molecule has 6 heteroatoms. The Morgan fingerprint density at radius 1 is 1.22 bits per heavy atom. The fourth-order valence-electron chi connectivity index (χ4n) is 4.39. The molecule has 0 amide bonds. The van der Waals surface area contributed by atoms with Gasteiger partial charge in [0.1, 0.15) is 0 Å². The normalized spacial score (nSPS) is 24.3. The summed E-state index contributed by atoms with van der Waals surface area (Å²) in [5.74, 6) is 1.73. The van der Waals surface area contributed by atoms with E-state index in [4.69, 9.17) is 0 Å². The second-order valence-electron chi connectivity index (χ2n) is 8.43. The SMILES string of the molecule is CN=C(NCC1(c2ccc(C(C)C)cc2)CCCC1)NC1CCS(=O)(=O)C1. The van der Waals surface area contributed by atoms with E-state index in [1.807, 2.05) is 0 Å². The molecule has 0 radical (unpaired) electrons. The van der Waals surface area contributed by atoms with Crippen LogP contribution in [0.4, 0.5) is 0 Å². The van der Waals surface area contributed by atoms with Gasteiger partial charge in [-0.1, -0.05) is 51.0 Å². The first-order chi connectivity index (χ1) is 12.8. The van der Waals surface area contributed by atoms with Crippen molar-refractivity contribution in [3.63, 3.8) is 0 Å². The summed E-state index contributed by atoms with van der Waals surface area (Å²) in [7, 11) is -1.14. The first-order valence-electron chi connectivity index (χ1n) is 10.1. The molecule has 1 unspecified atom stereocenters. The van der Waals surface area contributed by atoms with Crippen molar-refractivity contribution in [2.75, 3.05) is 25.1 Å². The number of sulfone groups is 1. The Kier molecular flexibility index (Phi) is 6.14. The molecule has 0 bridgehead atoms. The number of hydrogen-bond donors (Lipinski definition) is 2. The molecule has 27 heavy (non-hydrogen) atoms. The van der Waals surface area contributed by atoms with Crippen molar-refractivity contribution < 1.29 is 8.42 Å². The van der Waals surface area contributed by atoms with Gasteiger partial charge in [0.05, 0.1) is 11.5 Å². The molecule has 1 heterocycles. The van der Waals surface area contributed by atoms with Gasteiger partial charge in [0.15, 0.2) is 15.8 Å². The van der Waals surface area contributed by atoms with E-state index in [-0.39, 0.29) is 23.0 Å². The highest BCUT2D eigenvalue weighted by atomic mass is 32.2. The van der Waals surface area contributed by atoms with Crippen LogP contribution >= 0.6 is 0 Å². The summed E-state index contributed by atoms with van der Waals surface area (Å²) in [5.41, 5.74) is 2.91. The van der Waals surface area contributed by atoms with Gasteiger partial charge in [0.2, 0.25) is 0 Å². The van der Waals surface area contributed by atoms with E-state index >= 15 is 0 Å². The van der Waals surface area contributed by atoms with Crippen LogP contribution in [-0.4, -0.2) is 45.5 Å². The highest BCUT2D eigenvalue weighted by molar-refractivity contribution is 7.91. The molecule has 2 N–H and O–H groups in total. The topological polar surface area (TPSA) is 70.6 Å². The minimum Gasteiger partial charge on any atom is -0.356 e. The molecule has 2 aliphatic rings. The Morgan fingerprint density at radius 3 is 2.41 bits per heavy atom. The average Bonchev–Trinajstić information content (AvgIpc) is 3.25. The molecule has 1 atom stereocenters. The highest BCUT2D eigenvalue weighted by Crippen LogP contribution is 2.41. The molecule has 150 valence electrons. The van der Waals surface area contributed by atoms with Gasteiger partial charge in [-0.25, -0.2) is 8.42 Å². The lowest BCUT2D eigenvalue weighted by Gasteiger charge is -2.31. The molecule has 1 aromatic carbocycles. The Balaban J connectivity index is 1.67. The summed E-state index contributed by atoms with van der Waals surface area (Å²) in [6.07, 6.45) is 5.51. The maximum atomic E-state index is 11.7. The number of guanidine groups is 1. The molecular formula is C21H33N3O2S. The van der Waals surface area contributed by atoms with Crippen molar-refractivity contribution in [2.24, 2.45) is 4.99 Å². The second kappa shape index (κ2) is 8.21. The van der Waals surface area contributed by atoms with E-state index in [2.05, 4.69) is 53.7 Å². The molecule has 2 fully saturated rings. The standard InChI is InChI=1S/C21H33N3O2S/c1-16(2)17-6-8-18(9-7-17)21(11-4-5-12-21)15-23-20(22-3)24-19-10-13-27(25,26)14-19/h6-9,16,19H,4-5,10-15H2,1-3H3,(H2,22,23,24). The quantitative estimate of drug-likeness (QED) is 0.598. The van der Waals surface area contributed by atoms with Crippen LogP contribution in [0.5, 0.6) is 0 Å². The number of hydrogen-bond acceptors (Lipinski definition) is 3. The minimum atomic E-state index is -2.89. The Labute approximate surface area is 164 Å². The molecule has 0 spiro atoms. The zero-order valence-corrected chi connectivity index (χ0v) is 17.6. The smallest absolute Gasteiger partial charge is 0.191 e. The monoisotopic (exact) mass is 391 g/mol. The molecule has 1 saturated heterocycles. The summed E-state index contributed by atoms with van der Waals surface area (Å²) in [5, 5.41) is 6.78. The van der Waals surface area contributed by atoms with Crippen LogP contribution in [0.3, 0.4) is 0 Å². The van der Waals surface area contributed by atoms with Gasteiger partial charge >= 0.3 is 0 Å². The maximum Gasteiger partial charge on any atom is 0.191 e. The molecule has 5 nitrogen and oxygen atoms in total. The van der Waals surface area contributed by atoms with Crippen LogP contribution in [0.15, 0.2) is 29.3 Å². The van der Waals surface area contributed by atoms with E-state index in [9.17, 15) is 8.42 Å². The van der Waals surface area contributed by atoms with Gasteiger partial charge in [-0.3, -0.25) is 4.99 Å². The second-order valence-corrected chi connectivity index (χ2v) is 10.7. The zero-order valence-electron chi connectivity index (χ0n) is 16.8. The number of aliphatic imine (C=N–C) groups is 1. The predicted octanol–water partition coefficient (Wildman–Crippen LogP) is 2.97. The third kappa shape index (κ3) is 4.84.